The third-order valence-electron chi connectivity index (χ3n) is 4.50. The number of nitrogens with one attached hydrogen (secondary N) is 1. The van der Waals surface area contributed by atoms with Gasteiger partial charge in [0.25, 0.3) is 0 Å². The summed E-state index contributed by atoms with van der Waals surface area (Å²) in [5.41, 5.74) is 1.35. The molecule has 0 aliphatic carbocycles. The third kappa shape index (κ3) is 5.19. The number of rotatable bonds is 1. The number of hydrogen-bond acceptors (Lipinski definition) is 5. The van der Waals surface area contributed by atoms with Crippen LogP contribution in [0.15, 0.2) is 22.6 Å². The van der Waals surface area contributed by atoms with Crippen LogP contribution in [0.25, 0.3) is 11.1 Å². The van der Waals surface area contributed by atoms with Crippen molar-refractivity contribution in [3.63, 3.8) is 0 Å². The first-order valence-electron chi connectivity index (χ1n) is 9.87. The Morgan fingerprint density at radius 2 is 1.66 bits per heavy atom. The Balaban J connectivity index is 1.59. The van der Waals surface area contributed by atoms with Gasteiger partial charge in [0.1, 0.15) is 11.1 Å². The number of amides is 3. The van der Waals surface area contributed by atoms with Crippen molar-refractivity contribution in [1.29, 1.82) is 0 Å². The Morgan fingerprint density at radius 1 is 1.03 bits per heavy atom. The highest BCUT2D eigenvalue weighted by atomic mass is 16.6. The standard InChI is InChI=1S/C21H30N4O4/c1-20(2,3)17-23-15-13-14(7-8-16(15)28-17)22-18(26)24-9-11-25(12-10-24)19(27)29-21(4,5)6/h7-8,13H,9-12H2,1-6H3,(H,22,26). The minimum absolute atomic E-state index is 0.184. The molecule has 0 radical (unpaired) electrons. The maximum atomic E-state index is 12.6. The van der Waals surface area contributed by atoms with E-state index in [2.05, 4.69) is 10.3 Å². The predicted octanol–water partition coefficient (Wildman–Crippen LogP) is 4.21. The second-order valence-electron chi connectivity index (χ2n) is 9.34. The summed E-state index contributed by atoms with van der Waals surface area (Å²) in [7, 11) is 0. The minimum Gasteiger partial charge on any atom is -0.444 e. The van der Waals surface area contributed by atoms with E-state index in [1.165, 1.54) is 0 Å². The smallest absolute Gasteiger partial charge is 0.410 e. The molecule has 1 aliphatic heterocycles. The molecule has 0 unspecified atom stereocenters. The topological polar surface area (TPSA) is 87.9 Å². The summed E-state index contributed by atoms with van der Waals surface area (Å²) in [5, 5.41) is 2.90. The fourth-order valence-electron chi connectivity index (χ4n) is 2.95. The highest BCUT2D eigenvalue weighted by Crippen LogP contribution is 2.27. The van der Waals surface area contributed by atoms with Gasteiger partial charge >= 0.3 is 12.1 Å². The number of ether oxygens (including phenoxy) is 1. The van der Waals surface area contributed by atoms with E-state index in [1.807, 2.05) is 53.7 Å². The van der Waals surface area contributed by atoms with Gasteiger partial charge in [-0.2, -0.15) is 0 Å². The monoisotopic (exact) mass is 402 g/mol. The second kappa shape index (κ2) is 7.57. The van der Waals surface area contributed by atoms with Crippen LogP contribution < -0.4 is 5.32 Å². The third-order valence-corrected chi connectivity index (χ3v) is 4.50. The molecular weight excluding hydrogens is 372 g/mol. The number of urea groups is 1. The van der Waals surface area contributed by atoms with Crippen LogP contribution in [0, 0.1) is 0 Å². The van der Waals surface area contributed by atoms with Gasteiger partial charge in [0.15, 0.2) is 5.58 Å². The van der Waals surface area contributed by atoms with E-state index in [1.54, 1.807) is 15.9 Å². The Kier molecular flexibility index (Phi) is 5.47. The summed E-state index contributed by atoms with van der Waals surface area (Å²) < 4.78 is 11.2. The van der Waals surface area contributed by atoms with Gasteiger partial charge in [-0.25, -0.2) is 14.6 Å². The van der Waals surface area contributed by atoms with Crippen LogP contribution in [0.2, 0.25) is 0 Å². The summed E-state index contributed by atoms with van der Waals surface area (Å²) in [6.07, 6.45) is -0.344. The van der Waals surface area contributed by atoms with Crippen molar-refractivity contribution in [2.45, 2.75) is 52.6 Å². The number of benzene rings is 1. The van der Waals surface area contributed by atoms with E-state index < -0.39 is 5.60 Å². The minimum atomic E-state index is -0.530. The number of aromatic nitrogens is 1. The highest BCUT2D eigenvalue weighted by molar-refractivity contribution is 5.91. The van der Waals surface area contributed by atoms with Crippen LogP contribution in [-0.4, -0.2) is 58.7 Å². The number of nitrogens with zero attached hydrogens (tertiary/aromatic N) is 3. The number of piperazine rings is 1. The zero-order chi connectivity index (χ0) is 21.4. The van der Waals surface area contributed by atoms with Crippen LogP contribution >= 0.6 is 0 Å². The molecule has 1 aromatic carbocycles. The van der Waals surface area contributed by atoms with E-state index in [4.69, 9.17) is 9.15 Å². The van der Waals surface area contributed by atoms with Crippen LogP contribution in [-0.2, 0) is 10.2 Å². The summed E-state index contributed by atoms with van der Waals surface area (Å²) in [4.78, 5) is 32.6. The van der Waals surface area contributed by atoms with Crippen molar-refractivity contribution in [2.75, 3.05) is 31.5 Å². The lowest BCUT2D eigenvalue weighted by Gasteiger charge is -2.35. The Labute approximate surface area is 171 Å². The van der Waals surface area contributed by atoms with Gasteiger partial charge in [0, 0.05) is 37.3 Å². The quantitative estimate of drug-likeness (QED) is 0.772. The normalized spacial score (nSPS) is 15.5. The van der Waals surface area contributed by atoms with E-state index >= 15 is 0 Å². The molecule has 3 amide bonds. The first-order valence-corrected chi connectivity index (χ1v) is 9.87. The van der Waals surface area contributed by atoms with Crippen molar-refractivity contribution in [1.82, 2.24) is 14.8 Å². The maximum Gasteiger partial charge on any atom is 0.410 e. The zero-order valence-corrected chi connectivity index (χ0v) is 18.0. The van der Waals surface area contributed by atoms with Crippen molar-refractivity contribution >= 4 is 28.9 Å². The van der Waals surface area contributed by atoms with E-state index in [9.17, 15) is 9.59 Å². The lowest BCUT2D eigenvalue weighted by molar-refractivity contribution is 0.0174. The Hall–Kier alpha value is -2.77. The lowest BCUT2D eigenvalue weighted by Crippen LogP contribution is -2.52. The van der Waals surface area contributed by atoms with Gasteiger partial charge < -0.3 is 24.3 Å². The zero-order valence-electron chi connectivity index (χ0n) is 18.0. The molecule has 1 N–H and O–H groups in total. The molecule has 0 bridgehead atoms. The molecular formula is C21H30N4O4. The Morgan fingerprint density at radius 3 is 2.24 bits per heavy atom. The van der Waals surface area contributed by atoms with Gasteiger partial charge in [-0.3, -0.25) is 0 Å². The van der Waals surface area contributed by atoms with Crippen LogP contribution in [0.5, 0.6) is 0 Å². The van der Waals surface area contributed by atoms with Crippen molar-refractivity contribution in [3.8, 4) is 0 Å². The summed E-state index contributed by atoms with van der Waals surface area (Å²) in [6, 6.07) is 5.22. The largest absolute Gasteiger partial charge is 0.444 e. The molecule has 2 aromatic rings. The number of carbonyl (C=O) groups excluding carboxylic acids is 2. The number of fused-ring (bicyclic) bond motifs is 1. The van der Waals surface area contributed by atoms with Gasteiger partial charge in [0.05, 0.1) is 0 Å². The molecule has 8 nitrogen and oxygen atoms in total. The molecule has 0 spiro atoms. The van der Waals surface area contributed by atoms with Gasteiger partial charge in [-0.15, -0.1) is 0 Å². The molecule has 1 aromatic heterocycles. The van der Waals surface area contributed by atoms with Gasteiger partial charge in [-0.1, -0.05) is 20.8 Å². The van der Waals surface area contributed by atoms with Crippen molar-refractivity contribution < 1.29 is 18.7 Å². The van der Waals surface area contributed by atoms with Crippen LogP contribution in [0.3, 0.4) is 0 Å². The first-order chi connectivity index (χ1) is 13.4. The first kappa shape index (κ1) is 21.0. The number of carbonyl (C=O) groups is 2. The summed E-state index contributed by atoms with van der Waals surface area (Å²) in [6.45, 7) is 13.4. The number of oxazole rings is 1. The molecule has 1 fully saturated rings. The van der Waals surface area contributed by atoms with Crippen molar-refractivity contribution in [2.24, 2.45) is 0 Å². The Bertz CT molecular complexity index is 900. The van der Waals surface area contributed by atoms with Crippen LogP contribution in [0.4, 0.5) is 15.3 Å². The molecule has 1 aliphatic rings. The molecule has 29 heavy (non-hydrogen) atoms. The lowest BCUT2D eigenvalue weighted by atomic mass is 9.97. The van der Waals surface area contributed by atoms with E-state index in [0.29, 0.717) is 48.9 Å². The second-order valence-corrected chi connectivity index (χ2v) is 9.34. The van der Waals surface area contributed by atoms with E-state index in [0.717, 1.165) is 0 Å². The summed E-state index contributed by atoms with van der Waals surface area (Å²) in [5.74, 6) is 0.661. The van der Waals surface area contributed by atoms with Crippen molar-refractivity contribution in [3.05, 3.63) is 24.1 Å². The molecule has 158 valence electrons. The maximum absolute atomic E-state index is 12.6. The fraction of sp³-hybridized carbons (Fsp3) is 0.571. The number of hydrogen-bond donors (Lipinski definition) is 1. The average Bonchev–Trinajstić information content (AvgIpc) is 3.04. The van der Waals surface area contributed by atoms with Gasteiger partial charge in [-0.05, 0) is 39.0 Å². The fourth-order valence-corrected chi connectivity index (χ4v) is 2.95. The average molecular weight is 402 g/mol. The SMILES string of the molecule is CC(C)(C)OC(=O)N1CCN(C(=O)Nc2ccc3oc(C(C)(C)C)nc3c2)CC1. The van der Waals surface area contributed by atoms with E-state index in [-0.39, 0.29) is 17.5 Å². The predicted molar refractivity (Wildman–Crippen MR) is 111 cm³/mol. The molecule has 2 heterocycles. The molecule has 3 rings (SSSR count). The van der Waals surface area contributed by atoms with Gasteiger partial charge in [0.2, 0.25) is 5.89 Å². The molecule has 0 saturated carbocycles. The highest BCUT2D eigenvalue weighted by Gasteiger charge is 2.28. The molecule has 8 heteroatoms. The summed E-state index contributed by atoms with van der Waals surface area (Å²) >= 11 is 0. The van der Waals surface area contributed by atoms with Crippen LogP contribution in [0.1, 0.15) is 47.4 Å². The molecule has 0 atom stereocenters. The number of anilines is 1. The molecule has 1 saturated heterocycles.